The largest absolute Gasteiger partial charge is 0.491 e. The van der Waals surface area contributed by atoms with Crippen molar-refractivity contribution in [3.05, 3.63) is 29.8 Å². The minimum Gasteiger partial charge on any atom is -0.491 e. The van der Waals surface area contributed by atoms with Crippen LogP contribution in [-0.4, -0.2) is 39.9 Å². The first kappa shape index (κ1) is 20.3. The third-order valence-corrected chi connectivity index (χ3v) is 3.66. The fourth-order valence-electron chi connectivity index (χ4n) is 2.24. The predicted octanol–water partition coefficient (Wildman–Crippen LogP) is 3.20. The first-order chi connectivity index (χ1) is 11.7. The Balaban J connectivity index is 2.25. The van der Waals surface area contributed by atoms with Gasteiger partial charge in [0.25, 0.3) is 0 Å². The van der Waals surface area contributed by atoms with E-state index in [-0.39, 0.29) is 0 Å². The van der Waals surface area contributed by atoms with Crippen LogP contribution in [-0.2, 0) is 11.3 Å². The number of guanidine groups is 1. The third-order valence-electron chi connectivity index (χ3n) is 3.66. The Kier molecular flexibility index (Phi) is 10.7. The lowest BCUT2D eigenvalue weighted by atomic mass is 10.1. The highest BCUT2D eigenvalue weighted by molar-refractivity contribution is 5.79. The molecule has 1 rings (SSSR count). The number of unbranched alkanes of at least 4 members (excludes halogenated alkanes) is 1. The molecule has 2 N–H and O–H groups in total. The number of hydrogen-bond acceptors (Lipinski definition) is 3. The number of benzene rings is 1. The molecule has 1 aromatic carbocycles. The molecule has 0 aliphatic rings. The lowest BCUT2D eigenvalue weighted by Gasteiger charge is -2.12. The van der Waals surface area contributed by atoms with E-state index in [0.717, 1.165) is 30.7 Å². The number of hydrogen-bond donors (Lipinski definition) is 2. The minimum absolute atomic E-state index is 0.571. The van der Waals surface area contributed by atoms with Crippen molar-refractivity contribution >= 4 is 5.96 Å². The molecule has 0 radical (unpaired) electrons. The molecule has 0 amide bonds. The summed E-state index contributed by atoms with van der Waals surface area (Å²) in [5, 5.41) is 6.69. The number of rotatable bonds is 11. The van der Waals surface area contributed by atoms with Gasteiger partial charge in [-0.2, -0.15) is 0 Å². The second-order valence-corrected chi connectivity index (χ2v) is 6.23. The fraction of sp³-hybridized carbons (Fsp3) is 0.632. The van der Waals surface area contributed by atoms with E-state index in [0.29, 0.717) is 13.2 Å². The maximum atomic E-state index is 5.56. The van der Waals surface area contributed by atoms with Crippen LogP contribution in [0.4, 0.5) is 0 Å². The average molecular weight is 335 g/mol. The molecule has 136 valence electrons. The van der Waals surface area contributed by atoms with Crippen molar-refractivity contribution in [1.82, 2.24) is 10.6 Å². The number of nitrogens with zero attached hydrogens (tertiary/aromatic N) is 1. The van der Waals surface area contributed by atoms with Crippen molar-refractivity contribution in [2.75, 3.05) is 33.9 Å². The highest BCUT2D eigenvalue weighted by atomic mass is 16.5. The molecule has 0 fully saturated rings. The van der Waals surface area contributed by atoms with Crippen LogP contribution in [0.25, 0.3) is 0 Å². The van der Waals surface area contributed by atoms with Gasteiger partial charge in [0.05, 0.1) is 6.61 Å². The van der Waals surface area contributed by atoms with Gasteiger partial charge < -0.3 is 20.1 Å². The van der Waals surface area contributed by atoms with Gasteiger partial charge in [0.15, 0.2) is 5.96 Å². The van der Waals surface area contributed by atoms with E-state index in [4.69, 9.17) is 9.47 Å². The zero-order chi connectivity index (χ0) is 17.6. The summed E-state index contributed by atoms with van der Waals surface area (Å²) in [5.74, 6) is 2.49. The van der Waals surface area contributed by atoms with E-state index in [1.807, 2.05) is 12.1 Å². The van der Waals surface area contributed by atoms with Crippen molar-refractivity contribution in [3.8, 4) is 5.75 Å². The Morgan fingerprint density at radius 2 is 1.83 bits per heavy atom. The summed E-state index contributed by atoms with van der Waals surface area (Å²) in [5.41, 5.74) is 1.19. The van der Waals surface area contributed by atoms with Gasteiger partial charge in [0.1, 0.15) is 12.4 Å². The van der Waals surface area contributed by atoms with Crippen molar-refractivity contribution < 1.29 is 9.47 Å². The van der Waals surface area contributed by atoms with Gasteiger partial charge in [0.2, 0.25) is 0 Å². The van der Waals surface area contributed by atoms with Gasteiger partial charge in [0, 0.05) is 27.2 Å². The van der Waals surface area contributed by atoms with Crippen molar-refractivity contribution in [2.45, 2.75) is 39.7 Å². The molecule has 0 bridgehead atoms. The second kappa shape index (κ2) is 12.6. The molecule has 0 saturated heterocycles. The standard InChI is InChI=1S/C19H33N3O2/c1-16(2)7-5-6-12-21-19(20-3)22-15-17-8-10-18(11-9-17)24-14-13-23-4/h8-11,16H,5-7,12-15H2,1-4H3,(H2,20,21,22). The van der Waals surface area contributed by atoms with Gasteiger partial charge in [-0.3, -0.25) is 4.99 Å². The van der Waals surface area contributed by atoms with Crippen molar-refractivity contribution in [2.24, 2.45) is 10.9 Å². The van der Waals surface area contributed by atoms with E-state index < -0.39 is 0 Å². The van der Waals surface area contributed by atoms with Crippen LogP contribution in [0, 0.1) is 5.92 Å². The fourth-order valence-corrected chi connectivity index (χ4v) is 2.24. The average Bonchev–Trinajstić information content (AvgIpc) is 2.58. The summed E-state index contributed by atoms with van der Waals surface area (Å²) in [6, 6.07) is 8.08. The number of nitrogens with one attached hydrogen (secondary N) is 2. The lowest BCUT2D eigenvalue weighted by Crippen LogP contribution is -2.37. The summed E-state index contributed by atoms with van der Waals surface area (Å²) >= 11 is 0. The molecule has 5 nitrogen and oxygen atoms in total. The predicted molar refractivity (Wildman–Crippen MR) is 101 cm³/mol. The molecule has 0 saturated carbocycles. The number of methoxy groups -OCH3 is 1. The SMILES string of the molecule is CN=C(NCCCCC(C)C)NCc1ccc(OCCOC)cc1. The minimum atomic E-state index is 0.571. The first-order valence-electron chi connectivity index (χ1n) is 8.81. The quantitative estimate of drug-likeness (QED) is 0.370. The summed E-state index contributed by atoms with van der Waals surface area (Å²) in [7, 11) is 3.47. The molecule has 0 aliphatic carbocycles. The maximum absolute atomic E-state index is 5.56. The highest BCUT2D eigenvalue weighted by Gasteiger charge is 2.00. The van der Waals surface area contributed by atoms with Gasteiger partial charge in [-0.1, -0.05) is 38.8 Å². The molecule has 1 aromatic rings. The Morgan fingerprint density at radius 1 is 1.08 bits per heavy atom. The highest BCUT2D eigenvalue weighted by Crippen LogP contribution is 2.12. The Hall–Kier alpha value is -1.75. The van der Waals surface area contributed by atoms with Crippen LogP contribution in [0.15, 0.2) is 29.3 Å². The number of ether oxygens (including phenoxy) is 2. The van der Waals surface area contributed by atoms with E-state index in [2.05, 4.69) is 41.6 Å². The van der Waals surface area contributed by atoms with E-state index in [1.54, 1.807) is 14.2 Å². The van der Waals surface area contributed by atoms with Gasteiger partial charge in [-0.15, -0.1) is 0 Å². The molecular weight excluding hydrogens is 302 g/mol. The molecule has 0 aliphatic heterocycles. The topological polar surface area (TPSA) is 54.9 Å². The van der Waals surface area contributed by atoms with Crippen LogP contribution in [0.3, 0.4) is 0 Å². The maximum Gasteiger partial charge on any atom is 0.191 e. The monoisotopic (exact) mass is 335 g/mol. The molecule has 0 aromatic heterocycles. The summed E-state index contributed by atoms with van der Waals surface area (Å²) in [6.45, 7) is 7.40. The third kappa shape index (κ3) is 9.40. The summed E-state index contributed by atoms with van der Waals surface area (Å²) < 4.78 is 10.5. The van der Waals surface area contributed by atoms with Crippen LogP contribution < -0.4 is 15.4 Å². The van der Waals surface area contributed by atoms with E-state index in [9.17, 15) is 0 Å². The normalized spacial score (nSPS) is 11.6. The van der Waals surface area contributed by atoms with Crippen molar-refractivity contribution in [1.29, 1.82) is 0 Å². The van der Waals surface area contributed by atoms with Crippen molar-refractivity contribution in [3.63, 3.8) is 0 Å². The Bertz CT molecular complexity index is 458. The molecule has 24 heavy (non-hydrogen) atoms. The van der Waals surface area contributed by atoms with Crippen LogP contribution in [0.2, 0.25) is 0 Å². The zero-order valence-corrected chi connectivity index (χ0v) is 15.6. The Morgan fingerprint density at radius 3 is 2.46 bits per heavy atom. The molecule has 0 spiro atoms. The summed E-state index contributed by atoms with van der Waals surface area (Å²) in [6.07, 6.45) is 3.71. The molecule has 5 heteroatoms. The van der Waals surface area contributed by atoms with E-state index >= 15 is 0 Å². The smallest absolute Gasteiger partial charge is 0.191 e. The summed E-state index contributed by atoms with van der Waals surface area (Å²) in [4.78, 5) is 4.26. The molecule has 0 heterocycles. The van der Waals surface area contributed by atoms with Gasteiger partial charge >= 0.3 is 0 Å². The van der Waals surface area contributed by atoms with E-state index in [1.165, 1.54) is 24.8 Å². The van der Waals surface area contributed by atoms with Crippen LogP contribution >= 0.6 is 0 Å². The van der Waals surface area contributed by atoms with Gasteiger partial charge in [-0.05, 0) is 30.0 Å². The number of aliphatic imine (C=N–C) groups is 1. The molecule has 0 unspecified atom stereocenters. The Labute approximate surface area is 146 Å². The molecule has 0 atom stereocenters. The first-order valence-corrected chi connectivity index (χ1v) is 8.81. The zero-order valence-electron chi connectivity index (χ0n) is 15.6. The van der Waals surface area contributed by atoms with Gasteiger partial charge in [-0.25, -0.2) is 0 Å². The van der Waals surface area contributed by atoms with Crippen LogP contribution in [0.1, 0.15) is 38.7 Å². The lowest BCUT2D eigenvalue weighted by molar-refractivity contribution is 0.146. The molecular formula is C19H33N3O2. The second-order valence-electron chi connectivity index (χ2n) is 6.23. The van der Waals surface area contributed by atoms with Crippen LogP contribution in [0.5, 0.6) is 5.75 Å².